The topological polar surface area (TPSA) is 26.3 Å². The van der Waals surface area contributed by atoms with E-state index in [1.54, 1.807) is 0 Å². The van der Waals surface area contributed by atoms with Crippen LogP contribution in [0.4, 0.5) is 4.39 Å². The van der Waals surface area contributed by atoms with Crippen LogP contribution in [0.5, 0.6) is 0 Å². The van der Waals surface area contributed by atoms with Gasteiger partial charge in [-0.05, 0) is 6.42 Å². The summed E-state index contributed by atoms with van der Waals surface area (Å²) in [5.74, 6) is -0.269. The Labute approximate surface area is 138 Å². The van der Waals surface area contributed by atoms with Gasteiger partial charge in [0.05, 0.1) is 0 Å². The number of unbranched alkanes of at least 4 members (excludes halogenated alkanes) is 10. The van der Waals surface area contributed by atoms with Gasteiger partial charge < -0.3 is 4.74 Å². The van der Waals surface area contributed by atoms with Crippen molar-refractivity contribution in [1.29, 1.82) is 0 Å². The number of carbonyl (C=O) groups is 1. The van der Waals surface area contributed by atoms with Gasteiger partial charge in [0.1, 0.15) is 12.8 Å². The van der Waals surface area contributed by atoms with E-state index >= 15 is 0 Å². The molecule has 0 saturated heterocycles. The molecule has 0 aromatic rings. The van der Waals surface area contributed by atoms with E-state index in [1.807, 2.05) is 0 Å². The molecule has 0 heterocycles. The third kappa shape index (κ3) is 16.1. The molecule has 2 nitrogen and oxygen atoms in total. The number of rotatable bonds is 15. The van der Waals surface area contributed by atoms with Crippen LogP contribution in [0, 0.1) is 0 Å². The van der Waals surface area contributed by atoms with Crippen molar-refractivity contribution in [2.75, 3.05) is 11.9 Å². The van der Waals surface area contributed by atoms with Crippen LogP contribution >= 0.6 is 15.9 Å². The van der Waals surface area contributed by atoms with Crippen molar-refractivity contribution in [2.45, 2.75) is 90.1 Å². The molecule has 0 fully saturated rings. The maximum Gasteiger partial charge on any atom is 0.305 e. The van der Waals surface area contributed by atoms with Crippen LogP contribution in [0.25, 0.3) is 0 Å². The molecule has 0 saturated carbocycles. The maximum atomic E-state index is 12.8. The standard InChI is InChI=1S/C17H32BrFO2/c1-2-3-4-5-6-7-8-9-10-11-12-13-17(20)21-15-16(19)14-18/h16H,2-15H2,1H3. The van der Waals surface area contributed by atoms with E-state index in [0.717, 1.165) is 12.8 Å². The molecule has 0 aliphatic carbocycles. The molecule has 21 heavy (non-hydrogen) atoms. The summed E-state index contributed by atoms with van der Waals surface area (Å²) < 4.78 is 17.7. The second kappa shape index (κ2) is 16.3. The van der Waals surface area contributed by atoms with Crippen molar-refractivity contribution >= 4 is 21.9 Å². The minimum atomic E-state index is -1.09. The number of hydrogen-bond donors (Lipinski definition) is 0. The zero-order valence-corrected chi connectivity index (χ0v) is 15.1. The number of ether oxygens (including phenoxy) is 1. The average Bonchev–Trinajstić information content (AvgIpc) is 2.50. The first kappa shape index (κ1) is 20.9. The van der Waals surface area contributed by atoms with E-state index in [2.05, 4.69) is 22.9 Å². The van der Waals surface area contributed by atoms with Crippen molar-refractivity contribution in [3.8, 4) is 0 Å². The lowest BCUT2D eigenvalue weighted by Gasteiger charge is -2.06. The van der Waals surface area contributed by atoms with E-state index in [9.17, 15) is 9.18 Å². The summed E-state index contributed by atoms with van der Waals surface area (Å²) >= 11 is 3.01. The first-order valence-corrected chi connectivity index (χ1v) is 9.68. The molecular formula is C17H32BrFO2. The molecule has 0 amide bonds. The van der Waals surface area contributed by atoms with Crippen LogP contribution in [0.2, 0.25) is 0 Å². The van der Waals surface area contributed by atoms with Crippen molar-refractivity contribution in [3.05, 3.63) is 0 Å². The molecule has 0 aliphatic rings. The van der Waals surface area contributed by atoms with Gasteiger partial charge in [0.25, 0.3) is 0 Å². The Morgan fingerprint density at radius 3 is 1.90 bits per heavy atom. The van der Waals surface area contributed by atoms with Gasteiger partial charge in [0.15, 0.2) is 0 Å². The molecular weight excluding hydrogens is 335 g/mol. The fourth-order valence-electron chi connectivity index (χ4n) is 2.23. The van der Waals surface area contributed by atoms with Crippen LogP contribution in [-0.2, 0) is 9.53 Å². The Kier molecular flexibility index (Phi) is 16.2. The Bertz CT molecular complexity index is 237. The monoisotopic (exact) mass is 366 g/mol. The van der Waals surface area contributed by atoms with E-state index < -0.39 is 6.17 Å². The zero-order valence-electron chi connectivity index (χ0n) is 13.5. The summed E-state index contributed by atoms with van der Waals surface area (Å²) in [4.78, 5) is 11.3. The summed E-state index contributed by atoms with van der Waals surface area (Å²) in [6.07, 6.45) is 13.2. The largest absolute Gasteiger partial charge is 0.463 e. The fraction of sp³-hybridized carbons (Fsp3) is 0.941. The molecule has 0 spiro atoms. The van der Waals surface area contributed by atoms with Gasteiger partial charge in [-0.1, -0.05) is 87.1 Å². The van der Waals surface area contributed by atoms with Crippen molar-refractivity contribution < 1.29 is 13.9 Å². The van der Waals surface area contributed by atoms with Crippen LogP contribution in [-0.4, -0.2) is 24.1 Å². The summed E-state index contributed by atoms with van der Waals surface area (Å²) in [6, 6.07) is 0. The number of hydrogen-bond acceptors (Lipinski definition) is 2. The number of alkyl halides is 2. The SMILES string of the molecule is CCCCCCCCCCCCCC(=O)OCC(F)CBr. The normalized spacial score (nSPS) is 12.3. The fourth-order valence-corrected chi connectivity index (χ4v) is 2.42. The van der Waals surface area contributed by atoms with Crippen molar-refractivity contribution in [1.82, 2.24) is 0 Å². The van der Waals surface area contributed by atoms with Crippen LogP contribution in [0.15, 0.2) is 0 Å². The highest BCUT2D eigenvalue weighted by Gasteiger charge is 2.08. The van der Waals surface area contributed by atoms with E-state index in [1.165, 1.54) is 57.8 Å². The minimum Gasteiger partial charge on any atom is -0.463 e. The van der Waals surface area contributed by atoms with Crippen LogP contribution in [0.1, 0.15) is 84.0 Å². The van der Waals surface area contributed by atoms with Crippen molar-refractivity contribution in [3.63, 3.8) is 0 Å². The highest BCUT2D eigenvalue weighted by atomic mass is 79.9. The highest BCUT2D eigenvalue weighted by molar-refractivity contribution is 9.09. The van der Waals surface area contributed by atoms with Gasteiger partial charge in [-0.25, -0.2) is 4.39 Å². The van der Waals surface area contributed by atoms with Crippen LogP contribution < -0.4 is 0 Å². The molecule has 0 aromatic carbocycles. The van der Waals surface area contributed by atoms with Gasteiger partial charge in [-0.2, -0.15) is 0 Å². The molecule has 4 heteroatoms. The molecule has 0 aliphatic heterocycles. The third-order valence-corrected chi connectivity index (χ3v) is 4.28. The van der Waals surface area contributed by atoms with Gasteiger partial charge >= 0.3 is 5.97 Å². The molecule has 0 radical (unpaired) electrons. The first-order chi connectivity index (χ1) is 10.2. The lowest BCUT2D eigenvalue weighted by molar-refractivity contribution is -0.145. The van der Waals surface area contributed by atoms with Gasteiger partial charge in [0.2, 0.25) is 0 Å². The number of esters is 1. The second-order valence-corrected chi connectivity index (χ2v) is 6.37. The molecule has 0 aromatic heterocycles. The second-order valence-electron chi connectivity index (χ2n) is 5.72. The van der Waals surface area contributed by atoms with E-state index in [0.29, 0.717) is 6.42 Å². The first-order valence-electron chi connectivity index (χ1n) is 8.56. The van der Waals surface area contributed by atoms with Crippen LogP contribution in [0.3, 0.4) is 0 Å². The Morgan fingerprint density at radius 2 is 1.43 bits per heavy atom. The van der Waals surface area contributed by atoms with Crippen molar-refractivity contribution in [2.24, 2.45) is 0 Å². The van der Waals surface area contributed by atoms with Gasteiger partial charge in [-0.15, -0.1) is 0 Å². The highest BCUT2D eigenvalue weighted by Crippen LogP contribution is 2.12. The summed E-state index contributed by atoms with van der Waals surface area (Å²) in [5, 5.41) is 0.221. The predicted octanol–water partition coefficient (Wildman–Crippen LogP) is 5.96. The zero-order chi connectivity index (χ0) is 15.8. The lowest BCUT2D eigenvalue weighted by Crippen LogP contribution is -2.15. The Balaban J connectivity index is 3.16. The number of halogens is 2. The molecule has 0 rings (SSSR count). The van der Waals surface area contributed by atoms with E-state index in [-0.39, 0.29) is 17.9 Å². The summed E-state index contributed by atoms with van der Waals surface area (Å²) in [5.41, 5.74) is 0. The number of carbonyl (C=O) groups excluding carboxylic acids is 1. The molecule has 0 bridgehead atoms. The molecule has 1 atom stereocenters. The summed E-state index contributed by atoms with van der Waals surface area (Å²) in [7, 11) is 0. The molecule has 1 unspecified atom stereocenters. The lowest BCUT2D eigenvalue weighted by atomic mass is 10.1. The Hall–Kier alpha value is -0.120. The smallest absolute Gasteiger partial charge is 0.305 e. The molecule has 126 valence electrons. The maximum absolute atomic E-state index is 12.8. The minimum absolute atomic E-state index is 0.123. The predicted molar refractivity (Wildman–Crippen MR) is 90.7 cm³/mol. The van der Waals surface area contributed by atoms with Gasteiger partial charge in [-0.3, -0.25) is 4.79 Å². The Morgan fingerprint density at radius 1 is 0.952 bits per heavy atom. The quantitative estimate of drug-likeness (QED) is 0.203. The molecule has 0 N–H and O–H groups in total. The summed E-state index contributed by atoms with van der Waals surface area (Å²) in [6.45, 7) is 2.12. The van der Waals surface area contributed by atoms with Gasteiger partial charge in [0, 0.05) is 11.8 Å². The third-order valence-electron chi connectivity index (χ3n) is 3.58. The average molecular weight is 367 g/mol. The van der Waals surface area contributed by atoms with E-state index in [4.69, 9.17) is 4.74 Å².